The molecule has 4 rings (SSSR count). The summed E-state index contributed by atoms with van der Waals surface area (Å²) in [6.07, 6.45) is 1.83. The maximum absolute atomic E-state index is 12.6. The van der Waals surface area contributed by atoms with E-state index in [1.54, 1.807) is 49.8 Å². The normalized spacial score (nSPS) is 10.7. The molecule has 162 valence electrons. The summed E-state index contributed by atoms with van der Waals surface area (Å²) in [5.74, 6) is 0.168. The van der Waals surface area contributed by atoms with Gasteiger partial charge in [-0.2, -0.15) is 0 Å². The van der Waals surface area contributed by atoms with E-state index < -0.39 is 0 Å². The molecule has 0 atom stereocenters. The molecule has 2 N–H and O–H groups in total. The van der Waals surface area contributed by atoms with Crippen molar-refractivity contribution in [3.05, 3.63) is 89.2 Å². The number of anilines is 2. The van der Waals surface area contributed by atoms with Crippen LogP contribution in [0.5, 0.6) is 5.75 Å². The molecule has 0 saturated heterocycles. The van der Waals surface area contributed by atoms with Crippen molar-refractivity contribution >= 4 is 34.2 Å². The molecule has 0 aliphatic carbocycles. The summed E-state index contributed by atoms with van der Waals surface area (Å²) >= 11 is 0. The fourth-order valence-corrected chi connectivity index (χ4v) is 3.50. The second-order valence-corrected chi connectivity index (χ2v) is 7.65. The standard InChI is InChI=1S/C26H24N2O4/c1-16-12-21-19(15-32-24(21)13-17(16)2)14-25(29)27-20-10-8-18(9-11-20)26(30)28-22-6-4-5-7-23(22)31-3/h4-13,15H,14H2,1-3H3,(H,27,29)(H,28,30). The summed E-state index contributed by atoms with van der Waals surface area (Å²) < 4.78 is 10.9. The van der Waals surface area contributed by atoms with Gasteiger partial charge in [-0.1, -0.05) is 12.1 Å². The topological polar surface area (TPSA) is 80.6 Å². The number of carbonyl (C=O) groups excluding carboxylic acids is 2. The first-order valence-electron chi connectivity index (χ1n) is 10.3. The lowest BCUT2D eigenvalue weighted by Gasteiger charge is -2.10. The number of hydrogen-bond donors (Lipinski definition) is 2. The van der Waals surface area contributed by atoms with Gasteiger partial charge in [0.25, 0.3) is 5.91 Å². The first-order chi connectivity index (χ1) is 15.4. The highest BCUT2D eigenvalue weighted by Crippen LogP contribution is 2.26. The molecule has 1 aromatic heterocycles. The molecule has 32 heavy (non-hydrogen) atoms. The van der Waals surface area contributed by atoms with E-state index in [0.717, 1.165) is 27.7 Å². The Morgan fingerprint density at radius 2 is 1.66 bits per heavy atom. The molecule has 0 fully saturated rings. The van der Waals surface area contributed by atoms with Crippen molar-refractivity contribution in [2.24, 2.45) is 0 Å². The van der Waals surface area contributed by atoms with Gasteiger partial charge in [0.1, 0.15) is 11.3 Å². The molecule has 3 aromatic carbocycles. The third-order valence-electron chi connectivity index (χ3n) is 5.41. The van der Waals surface area contributed by atoms with Crippen molar-refractivity contribution < 1.29 is 18.7 Å². The number of benzene rings is 3. The number of aryl methyl sites for hydroxylation is 2. The van der Waals surface area contributed by atoms with Crippen LogP contribution in [0.3, 0.4) is 0 Å². The van der Waals surface area contributed by atoms with E-state index >= 15 is 0 Å². The highest BCUT2D eigenvalue weighted by Gasteiger charge is 2.13. The second kappa shape index (κ2) is 8.98. The Labute approximate surface area is 186 Å². The van der Waals surface area contributed by atoms with Crippen molar-refractivity contribution in [2.45, 2.75) is 20.3 Å². The van der Waals surface area contributed by atoms with Gasteiger partial charge >= 0.3 is 0 Å². The summed E-state index contributed by atoms with van der Waals surface area (Å²) in [5, 5.41) is 6.65. The van der Waals surface area contributed by atoms with Gasteiger partial charge in [-0.15, -0.1) is 0 Å². The van der Waals surface area contributed by atoms with Gasteiger partial charge in [0.2, 0.25) is 5.91 Å². The van der Waals surface area contributed by atoms with E-state index in [-0.39, 0.29) is 18.2 Å². The van der Waals surface area contributed by atoms with Gasteiger partial charge in [0, 0.05) is 22.2 Å². The minimum absolute atomic E-state index is 0.155. The molecule has 0 aliphatic heterocycles. The Morgan fingerprint density at radius 3 is 2.41 bits per heavy atom. The van der Waals surface area contributed by atoms with Crippen LogP contribution in [-0.2, 0) is 11.2 Å². The summed E-state index contributed by atoms with van der Waals surface area (Å²) in [6, 6.07) is 18.0. The zero-order chi connectivity index (χ0) is 22.7. The van der Waals surface area contributed by atoms with Crippen molar-refractivity contribution in [1.82, 2.24) is 0 Å². The van der Waals surface area contributed by atoms with E-state index in [4.69, 9.17) is 9.15 Å². The second-order valence-electron chi connectivity index (χ2n) is 7.65. The van der Waals surface area contributed by atoms with Crippen LogP contribution < -0.4 is 15.4 Å². The first-order valence-corrected chi connectivity index (χ1v) is 10.3. The highest BCUT2D eigenvalue weighted by atomic mass is 16.5. The lowest BCUT2D eigenvalue weighted by Crippen LogP contribution is -2.15. The maximum atomic E-state index is 12.6. The van der Waals surface area contributed by atoms with Gasteiger partial charge in [0.15, 0.2) is 0 Å². The van der Waals surface area contributed by atoms with Crippen molar-refractivity contribution in [1.29, 1.82) is 0 Å². The number of para-hydroxylation sites is 2. The minimum Gasteiger partial charge on any atom is -0.495 e. The smallest absolute Gasteiger partial charge is 0.255 e. The number of methoxy groups -OCH3 is 1. The number of carbonyl (C=O) groups is 2. The van der Waals surface area contributed by atoms with E-state index in [1.807, 2.05) is 38.1 Å². The molecular weight excluding hydrogens is 404 g/mol. The minimum atomic E-state index is -0.261. The van der Waals surface area contributed by atoms with Crippen molar-refractivity contribution in [3.63, 3.8) is 0 Å². The number of hydrogen-bond acceptors (Lipinski definition) is 4. The molecule has 6 heteroatoms. The molecule has 0 radical (unpaired) electrons. The zero-order valence-electron chi connectivity index (χ0n) is 18.2. The average molecular weight is 428 g/mol. The predicted octanol–water partition coefficient (Wildman–Crippen LogP) is 5.49. The quantitative estimate of drug-likeness (QED) is 0.425. The molecule has 0 saturated carbocycles. The van der Waals surface area contributed by atoms with Crippen LogP contribution in [0.1, 0.15) is 27.0 Å². The molecule has 1 heterocycles. The van der Waals surface area contributed by atoms with Crippen LogP contribution in [0, 0.1) is 13.8 Å². The summed E-state index contributed by atoms with van der Waals surface area (Å²) in [5.41, 5.74) is 5.61. The number of amides is 2. The lowest BCUT2D eigenvalue weighted by atomic mass is 10.0. The molecule has 6 nitrogen and oxygen atoms in total. The molecule has 0 spiro atoms. The van der Waals surface area contributed by atoms with Crippen LogP contribution in [0.15, 0.2) is 71.3 Å². The van der Waals surface area contributed by atoms with Gasteiger partial charge in [0.05, 0.1) is 25.5 Å². The molecule has 0 unspecified atom stereocenters. The number of nitrogens with one attached hydrogen (secondary N) is 2. The van der Waals surface area contributed by atoms with Crippen molar-refractivity contribution in [2.75, 3.05) is 17.7 Å². The Balaban J connectivity index is 1.41. The fraction of sp³-hybridized carbons (Fsp3) is 0.154. The van der Waals surface area contributed by atoms with E-state index in [0.29, 0.717) is 22.7 Å². The summed E-state index contributed by atoms with van der Waals surface area (Å²) in [7, 11) is 1.55. The Hall–Kier alpha value is -4.06. The first kappa shape index (κ1) is 21.2. The Kier molecular flexibility index (Phi) is 5.94. The van der Waals surface area contributed by atoms with E-state index in [2.05, 4.69) is 10.6 Å². The van der Waals surface area contributed by atoms with Gasteiger partial charge in [-0.3, -0.25) is 9.59 Å². The number of fused-ring (bicyclic) bond motifs is 1. The van der Waals surface area contributed by atoms with Gasteiger partial charge < -0.3 is 19.8 Å². The van der Waals surface area contributed by atoms with Crippen LogP contribution >= 0.6 is 0 Å². The molecular formula is C26H24N2O4. The summed E-state index contributed by atoms with van der Waals surface area (Å²) in [6.45, 7) is 4.07. The molecule has 0 aliphatic rings. The molecule has 4 aromatic rings. The fourth-order valence-electron chi connectivity index (χ4n) is 3.50. The average Bonchev–Trinajstić information content (AvgIpc) is 3.16. The highest BCUT2D eigenvalue weighted by molar-refractivity contribution is 6.05. The van der Waals surface area contributed by atoms with Crippen LogP contribution in [0.25, 0.3) is 11.0 Å². The SMILES string of the molecule is COc1ccccc1NC(=O)c1ccc(NC(=O)Cc2coc3cc(C)c(C)cc23)cc1. The van der Waals surface area contributed by atoms with Gasteiger partial charge in [-0.25, -0.2) is 0 Å². The monoisotopic (exact) mass is 428 g/mol. The number of furan rings is 1. The predicted molar refractivity (Wildman–Crippen MR) is 125 cm³/mol. The van der Waals surface area contributed by atoms with Crippen LogP contribution in [0.2, 0.25) is 0 Å². The van der Waals surface area contributed by atoms with Crippen LogP contribution in [0.4, 0.5) is 11.4 Å². The molecule has 2 amide bonds. The lowest BCUT2D eigenvalue weighted by molar-refractivity contribution is -0.115. The third kappa shape index (κ3) is 4.49. The third-order valence-corrected chi connectivity index (χ3v) is 5.41. The van der Waals surface area contributed by atoms with E-state index in [9.17, 15) is 9.59 Å². The molecule has 0 bridgehead atoms. The Bertz CT molecular complexity index is 1290. The van der Waals surface area contributed by atoms with Gasteiger partial charge in [-0.05, 0) is 73.5 Å². The summed E-state index contributed by atoms with van der Waals surface area (Å²) in [4.78, 5) is 25.1. The number of rotatable bonds is 6. The maximum Gasteiger partial charge on any atom is 0.255 e. The van der Waals surface area contributed by atoms with E-state index in [1.165, 1.54) is 0 Å². The van der Waals surface area contributed by atoms with Crippen molar-refractivity contribution in [3.8, 4) is 5.75 Å². The largest absolute Gasteiger partial charge is 0.495 e. The zero-order valence-corrected chi connectivity index (χ0v) is 18.2. The van der Waals surface area contributed by atoms with Crippen LogP contribution in [-0.4, -0.2) is 18.9 Å². The Morgan fingerprint density at radius 1 is 0.938 bits per heavy atom. The number of ether oxygens (including phenoxy) is 1.